The molecule has 2 aliphatic carbocycles. The molecule has 2 saturated carbocycles. The molecular weight excluding hydrogens is 376 g/mol. The molecule has 2 aromatic rings. The SMILES string of the molecule is CC1(C)[C@H]2CC[C@]1(C)/C(=N/NC(=O)c1ccc3c(=O)n4c(nc3c1)CCCCC4)C2. The van der Waals surface area contributed by atoms with Gasteiger partial charge in [-0.2, -0.15) is 5.10 Å². The topological polar surface area (TPSA) is 76.3 Å². The second-order valence-corrected chi connectivity index (χ2v) is 10.0. The van der Waals surface area contributed by atoms with Gasteiger partial charge in [0.05, 0.1) is 10.9 Å². The summed E-state index contributed by atoms with van der Waals surface area (Å²) < 4.78 is 1.80. The Bertz CT molecular complexity index is 1130. The van der Waals surface area contributed by atoms with E-state index in [1.165, 1.54) is 6.42 Å². The summed E-state index contributed by atoms with van der Waals surface area (Å²) in [5.41, 5.74) is 5.26. The van der Waals surface area contributed by atoms with Crippen LogP contribution in [-0.2, 0) is 13.0 Å². The molecule has 30 heavy (non-hydrogen) atoms. The maximum absolute atomic E-state index is 12.9. The molecular formula is C24H30N4O2. The maximum Gasteiger partial charge on any atom is 0.271 e. The minimum atomic E-state index is -0.245. The van der Waals surface area contributed by atoms with E-state index in [0.717, 1.165) is 56.6 Å². The number of nitrogens with one attached hydrogen (secondary N) is 1. The van der Waals surface area contributed by atoms with Crippen molar-refractivity contribution in [2.24, 2.45) is 21.8 Å². The van der Waals surface area contributed by atoms with Gasteiger partial charge in [0, 0.05) is 29.7 Å². The largest absolute Gasteiger partial charge is 0.296 e. The summed E-state index contributed by atoms with van der Waals surface area (Å²) in [6.07, 6.45) is 7.32. The quantitative estimate of drug-likeness (QED) is 0.764. The Morgan fingerprint density at radius 2 is 2.07 bits per heavy atom. The molecule has 5 rings (SSSR count). The van der Waals surface area contributed by atoms with Crippen molar-refractivity contribution in [2.45, 2.75) is 72.3 Å². The summed E-state index contributed by atoms with van der Waals surface area (Å²) in [7, 11) is 0. The van der Waals surface area contributed by atoms with Gasteiger partial charge in [-0.1, -0.05) is 27.2 Å². The van der Waals surface area contributed by atoms with Gasteiger partial charge in [-0.05, 0) is 61.6 Å². The second-order valence-electron chi connectivity index (χ2n) is 10.0. The van der Waals surface area contributed by atoms with Crippen LogP contribution in [0.2, 0.25) is 0 Å². The fraction of sp³-hybridized carbons (Fsp3) is 0.583. The fourth-order valence-electron chi connectivity index (χ4n) is 5.84. The van der Waals surface area contributed by atoms with Crippen LogP contribution in [0.3, 0.4) is 0 Å². The minimum absolute atomic E-state index is 0.00115. The number of nitrogens with zero attached hydrogens (tertiary/aromatic N) is 3. The van der Waals surface area contributed by atoms with Crippen LogP contribution in [-0.4, -0.2) is 21.2 Å². The van der Waals surface area contributed by atoms with E-state index in [0.29, 0.717) is 22.4 Å². The molecule has 2 fully saturated rings. The predicted octanol–water partition coefficient (Wildman–Crippen LogP) is 4.05. The van der Waals surface area contributed by atoms with Gasteiger partial charge in [-0.25, -0.2) is 10.4 Å². The molecule has 2 atom stereocenters. The van der Waals surface area contributed by atoms with Crippen molar-refractivity contribution < 1.29 is 4.79 Å². The van der Waals surface area contributed by atoms with Gasteiger partial charge in [0.1, 0.15) is 5.82 Å². The van der Waals surface area contributed by atoms with Gasteiger partial charge >= 0.3 is 0 Å². The molecule has 6 heteroatoms. The Balaban J connectivity index is 1.43. The van der Waals surface area contributed by atoms with Crippen LogP contribution in [0, 0.1) is 16.7 Å². The lowest BCUT2D eigenvalue weighted by Crippen LogP contribution is -2.34. The first-order valence-corrected chi connectivity index (χ1v) is 11.2. The molecule has 2 heterocycles. The van der Waals surface area contributed by atoms with E-state index >= 15 is 0 Å². The number of aryl methyl sites for hydroxylation is 1. The van der Waals surface area contributed by atoms with Gasteiger partial charge in [0.2, 0.25) is 0 Å². The molecule has 1 aromatic heterocycles. The van der Waals surface area contributed by atoms with Crippen molar-refractivity contribution in [3.05, 3.63) is 39.9 Å². The Hall–Kier alpha value is -2.50. The number of hydrazone groups is 1. The standard InChI is InChI=1S/C24H30N4O2/c1-23(2)16-10-11-24(23,3)19(14-16)26-27-21(29)15-8-9-17-18(13-15)25-20-7-5-4-6-12-28(20)22(17)30/h8-9,13,16H,4-7,10-12,14H2,1-3H3,(H,27,29)/b26-19+/t16-,24+/m0/s1. The summed E-state index contributed by atoms with van der Waals surface area (Å²) in [5, 5.41) is 5.14. The number of fused-ring (bicyclic) bond motifs is 4. The van der Waals surface area contributed by atoms with Crippen molar-refractivity contribution in [1.82, 2.24) is 15.0 Å². The van der Waals surface area contributed by atoms with Crippen LogP contribution >= 0.6 is 0 Å². The Morgan fingerprint density at radius 1 is 1.23 bits per heavy atom. The van der Waals surface area contributed by atoms with E-state index < -0.39 is 0 Å². The Labute approximate surface area is 176 Å². The van der Waals surface area contributed by atoms with Crippen LogP contribution in [0.5, 0.6) is 0 Å². The van der Waals surface area contributed by atoms with E-state index in [-0.39, 0.29) is 22.3 Å². The number of hydrogen-bond donors (Lipinski definition) is 1. The first-order valence-electron chi connectivity index (χ1n) is 11.2. The average Bonchev–Trinajstić information content (AvgIpc) is 2.95. The number of rotatable bonds is 2. The van der Waals surface area contributed by atoms with Crippen LogP contribution in [0.15, 0.2) is 28.1 Å². The number of benzene rings is 1. The third kappa shape index (κ3) is 2.76. The summed E-state index contributed by atoms with van der Waals surface area (Å²) in [6.45, 7) is 7.66. The van der Waals surface area contributed by atoms with Gasteiger partial charge in [-0.15, -0.1) is 0 Å². The zero-order valence-electron chi connectivity index (χ0n) is 18.1. The van der Waals surface area contributed by atoms with Crippen molar-refractivity contribution in [2.75, 3.05) is 0 Å². The van der Waals surface area contributed by atoms with Crippen molar-refractivity contribution in [3.8, 4) is 0 Å². The van der Waals surface area contributed by atoms with E-state index in [2.05, 4.69) is 31.3 Å². The molecule has 2 bridgehead atoms. The highest BCUT2D eigenvalue weighted by Crippen LogP contribution is 2.63. The van der Waals surface area contributed by atoms with Gasteiger partial charge in [-0.3, -0.25) is 14.2 Å². The van der Waals surface area contributed by atoms with Gasteiger partial charge in [0.15, 0.2) is 0 Å². The van der Waals surface area contributed by atoms with Crippen molar-refractivity contribution in [3.63, 3.8) is 0 Å². The van der Waals surface area contributed by atoms with Crippen LogP contribution in [0.25, 0.3) is 10.9 Å². The number of carbonyl (C=O) groups is 1. The summed E-state index contributed by atoms with van der Waals surface area (Å²) >= 11 is 0. The third-order valence-electron chi connectivity index (χ3n) is 8.38. The average molecular weight is 407 g/mol. The number of carbonyl (C=O) groups excluding carboxylic acids is 1. The summed E-state index contributed by atoms with van der Waals surface area (Å²) in [6, 6.07) is 5.16. The monoisotopic (exact) mass is 406 g/mol. The van der Waals surface area contributed by atoms with Gasteiger partial charge in [0.25, 0.3) is 11.5 Å². The molecule has 1 N–H and O–H groups in total. The maximum atomic E-state index is 12.9. The first kappa shape index (κ1) is 19.5. The number of hydrogen-bond acceptors (Lipinski definition) is 4. The summed E-state index contributed by atoms with van der Waals surface area (Å²) in [5.74, 6) is 1.23. The molecule has 1 aromatic carbocycles. The lowest BCUT2D eigenvalue weighted by molar-refractivity contribution is 0.0954. The lowest BCUT2D eigenvalue weighted by atomic mass is 9.70. The molecule has 1 amide bonds. The molecule has 0 saturated heterocycles. The molecule has 158 valence electrons. The zero-order valence-corrected chi connectivity index (χ0v) is 18.1. The first-order chi connectivity index (χ1) is 14.3. The Kier molecular flexibility index (Phi) is 4.38. The highest BCUT2D eigenvalue weighted by molar-refractivity contribution is 6.00. The number of amides is 1. The van der Waals surface area contributed by atoms with Crippen molar-refractivity contribution in [1.29, 1.82) is 0 Å². The van der Waals surface area contributed by atoms with Crippen LogP contribution in [0.1, 0.15) is 75.5 Å². The highest BCUT2D eigenvalue weighted by Gasteiger charge is 2.60. The normalized spacial score (nSPS) is 28.5. The van der Waals surface area contributed by atoms with Crippen LogP contribution < -0.4 is 11.0 Å². The third-order valence-corrected chi connectivity index (χ3v) is 8.38. The van der Waals surface area contributed by atoms with E-state index in [4.69, 9.17) is 4.98 Å². The predicted molar refractivity (Wildman–Crippen MR) is 118 cm³/mol. The van der Waals surface area contributed by atoms with E-state index in [1.807, 2.05) is 0 Å². The van der Waals surface area contributed by atoms with Crippen LogP contribution in [0.4, 0.5) is 0 Å². The Morgan fingerprint density at radius 3 is 2.80 bits per heavy atom. The number of aromatic nitrogens is 2. The molecule has 3 aliphatic rings. The molecule has 0 spiro atoms. The lowest BCUT2D eigenvalue weighted by Gasteiger charge is -2.34. The summed E-state index contributed by atoms with van der Waals surface area (Å²) in [4.78, 5) is 30.4. The smallest absolute Gasteiger partial charge is 0.271 e. The molecule has 0 unspecified atom stereocenters. The zero-order chi connectivity index (χ0) is 21.1. The fourth-order valence-corrected chi connectivity index (χ4v) is 5.84. The molecule has 1 aliphatic heterocycles. The van der Waals surface area contributed by atoms with E-state index in [1.54, 1.807) is 22.8 Å². The van der Waals surface area contributed by atoms with Gasteiger partial charge < -0.3 is 0 Å². The molecule has 6 nitrogen and oxygen atoms in total. The second kappa shape index (κ2) is 6.76. The van der Waals surface area contributed by atoms with E-state index in [9.17, 15) is 9.59 Å². The highest BCUT2D eigenvalue weighted by atomic mass is 16.2. The minimum Gasteiger partial charge on any atom is -0.296 e. The molecule has 0 radical (unpaired) electrons. The van der Waals surface area contributed by atoms with Crippen molar-refractivity contribution >= 4 is 22.5 Å².